The van der Waals surface area contributed by atoms with E-state index in [0.717, 1.165) is 0 Å². The number of hydrogen-bond donors (Lipinski definition) is 1. The van der Waals surface area contributed by atoms with Crippen LogP contribution < -0.4 is 5.32 Å². The molecule has 0 bridgehead atoms. The third kappa shape index (κ3) is 3.19. The first-order valence-electron chi connectivity index (χ1n) is 5.69. The Morgan fingerprint density at radius 3 is 2.65 bits per heavy atom. The van der Waals surface area contributed by atoms with Crippen molar-refractivity contribution < 1.29 is 9.18 Å². The molecule has 0 unspecified atom stereocenters. The molecule has 0 heterocycles. The van der Waals surface area contributed by atoms with Crippen LogP contribution in [0.3, 0.4) is 0 Å². The smallest absolute Gasteiger partial charge is 0.255 e. The second kappa shape index (κ2) is 5.66. The number of amides is 1. The van der Waals surface area contributed by atoms with Gasteiger partial charge in [0.05, 0.1) is 11.3 Å². The normalized spacial score (nSPS) is 10.5. The van der Waals surface area contributed by atoms with E-state index in [4.69, 9.17) is 0 Å². The van der Waals surface area contributed by atoms with Crippen molar-refractivity contribution in [2.75, 3.05) is 26.0 Å². The number of carbonyl (C=O) groups is 1. The van der Waals surface area contributed by atoms with Gasteiger partial charge in [0.2, 0.25) is 0 Å². The zero-order valence-corrected chi connectivity index (χ0v) is 10.7. The minimum Gasteiger partial charge on any atom is -0.385 e. The van der Waals surface area contributed by atoms with Gasteiger partial charge in [-0.15, -0.1) is 0 Å². The maximum absolute atomic E-state index is 13.5. The molecule has 1 aromatic rings. The monoisotopic (exact) mass is 238 g/mol. The Morgan fingerprint density at radius 2 is 2.12 bits per heavy atom. The van der Waals surface area contributed by atoms with E-state index in [2.05, 4.69) is 5.32 Å². The van der Waals surface area contributed by atoms with E-state index in [-0.39, 0.29) is 11.6 Å². The molecule has 0 fully saturated rings. The molecule has 3 nitrogen and oxygen atoms in total. The molecule has 1 N–H and O–H groups in total. The average molecular weight is 238 g/mol. The third-order valence-electron chi connectivity index (χ3n) is 2.48. The van der Waals surface area contributed by atoms with Gasteiger partial charge in [0.15, 0.2) is 0 Å². The van der Waals surface area contributed by atoms with Gasteiger partial charge in [0, 0.05) is 20.6 Å². The molecule has 0 aliphatic rings. The highest BCUT2D eigenvalue weighted by Gasteiger charge is 2.18. The molecule has 17 heavy (non-hydrogen) atoms. The molecule has 0 radical (unpaired) electrons. The molecule has 0 aromatic heterocycles. The van der Waals surface area contributed by atoms with E-state index in [1.165, 1.54) is 6.07 Å². The Kier molecular flexibility index (Phi) is 4.49. The number of rotatable bonds is 4. The molecule has 1 aromatic carbocycles. The van der Waals surface area contributed by atoms with Crippen molar-refractivity contribution in [2.24, 2.45) is 5.92 Å². The first-order chi connectivity index (χ1) is 7.97. The second-order valence-electron chi connectivity index (χ2n) is 4.49. The summed E-state index contributed by atoms with van der Waals surface area (Å²) >= 11 is 0. The van der Waals surface area contributed by atoms with Crippen LogP contribution in [0.1, 0.15) is 24.2 Å². The van der Waals surface area contributed by atoms with Crippen LogP contribution in [0.4, 0.5) is 10.1 Å². The maximum atomic E-state index is 13.5. The molecule has 0 saturated heterocycles. The van der Waals surface area contributed by atoms with Crippen LogP contribution in [0, 0.1) is 11.7 Å². The lowest BCUT2D eigenvalue weighted by Gasteiger charge is -2.21. The molecule has 94 valence electrons. The SMILES string of the molecule is CNc1c(F)cccc1C(=O)N(C)CC(C)C. The molecule has 4 heteroatoms. The number of para-hydroxylation sites is 1. The maximum Gasteiger partial charge on any atom is 0.255 e. The lowest BCUT2D eigenvalue weighted by Crippen LogP contribution is -2.30. The number of benzene rings is 1. The summed E-state index contributed by atoms with van der Waals surface area (Å²) in [6, 6.07) is 4.52. The number of halogens is 1. The summed E-state index contributed by atoms with van der Waals surface area (Å²) in [5.74, 6) is -0.186. The average Bonchev–Trinajstić information content (AvgIpc) is 2.26. The van der Waals surface area contributed by atoms with Gasteiger partial charge in [-0.2, -0.15) is 0 Å². The van der Waals surface area contributed by atoms with Crippen LogP contribution in [0.15, 0.2) is 18.2 Å². The minimum absolute atomic E-state index is 0.164. The van der Waals surface area contributed by atoms with Crippen LogP contribution in [-0.2, 0) is 0 Å². The van der Waals surface area contributed by atoms with Crippen molar-refractivity contribution >= 4 is 11.6 Å². The van der Waals surface area contributed by atoms with Crippen molar-refractivity contribution in [3.05, 3.63) is 29.6 Å². The van der Waals surface area contributed by atoms with Crippen LogP contribution in [0.5, 0.6) is 0 Å². The van der Waals surface area contributed by atoms with E-state index in [1.807, 2.05) is 13.8 Å². The van der Waals surface area contributed by atoms with Gasteiger partial charge in [0.25, 0.3) is 5.91 Å². The van der Waals surface area contributed by atoms with E-state index in [9.17, 15) is 9.18 Å². The summed E-state index contributed by atoms with van der Waals surface area (Å²) in [6.45, 7) is 4.72. The van der Waals surface area contributed by atoms with Gasteiger partial charge < -0.3 is 10.2 Å². The number of anilines is 1. The quantitative estimate of drug-likeness (QED) is 0.874. The summed E-state index contributed by atoms with van der Waals surface area (Å²) in [6.07, 6.45) is 0. The number of carbonyl (C=O) groups excluding carboxylic acids is 1. The molecule has 1 amide bonds. The Hall–Kier alpha value is -1.58. The van der Waals surface area contributed by atoms with Crippen LogP contribution in [-0.4, -0.2) is 31.4 Å². The van der Waals surface area contributed by atoms with Crippen molar-refractivity contribution in [1.82, 2.24) is 4.90 Å². The van der Waals surface area contributed by atoms with Crippen LogP contribution in [0.25, 0.3) is 0 Å². The highest BCUT2D eigenvalue weighted by atomic mass is 19.1. The van der Waals surface area contributed by atoms with E-state index in [0.29, 0.717) is 18.0 Å². The highest BCUT2D eigenvalue weighted by molar-refractivity contribution is 5.99. The molecule has 0 aliphatic heterocycles. The van der Waals surface area contributed by atoms with Gasteiger partial charge in [-0.1, -0.05) is 19.9 Å². The summed E-state index contributed by atoms with van der Waals surface area (Å²) in [7, 11) is 3.34. The summed E-state index contributed by atoms with van der Waals surface area (Å²) in [5.41, 5.74) is 0.628. The lowest BCUT2D eigenvalue weighted by atomic mass is 10.1. The van der Waals surface area contributed by atoms with Crippen LogP contribution >= 0.6 is 0 Å². The number of nitrogens with zero attached hydrogens (tertiary/aromatic N) is 1. The largest absolute Gasteiger partial charge is 0.385 e. The van der Waals surface area contributed by atoms with Crippen molar-refractivity contribution in [3.63, 3.8) is 0 Å². The van der Waals surface area contributed by atoms with Crippen molar-refractivity contribution in [2.45, 2.75) is 13.8 Å². The van der Waals surface area contributed by atoms with Gasteiger partial charge >= 0.3 is 0 Å². The first kappa shape index (κ1) is 13.5. The number of nitrogens with one attached hydrogen (secondary N) is 1. The molecular weight excluding hydrogens is 219 g/mol. The Balaban J connectivity index is 3.00. The molecule has 0 saturated carbocycles. The Labute approximate surface area is 102 Å². The molecular formula is C13H19FN2O. The zero-order valence-electron chi connectivity index (χ0n) is 10.7. The molecule has 0 aliphatic carbocycles. The summed E-state index contributed by atoms with van der Waals surface area (Å²) < 4.78 is 13.5. The predicted octanol–water partition coefficient (Wildman–Crippen LogP) is 2.60. The standard InChI is InChI=1S/C13H19FN2O/c1-9(2)8-16(4)13(17)10-6-5-7-11(14)12(10)15-3/h5-7,9,15H,8H2,1-4H3. The highest BCUT2D eigenvalue weighted by Crippen LogP contribution is 2.20. The fourth-order valence-corrected chi connectivity index (χ4v) is 1.79. The summed E-state index contributed by atoms with van der Waals surface area (Å²) in [4.78, 5) is 13.7. The fraction of sp³-hybridized carbons (Fsp3) is 0.462. The van der Waals surface area contributed by atoms with Crippen LogP contribution in [0.2, 0.25) is 0 Å². The van der Waals surface area contributed by atoms with Gasteiger partial charge in [-0.3, -0.25) is 4.79 Å². The van der Waals surface area contributed by atoms with Crippen molar-refractivity contribution in [1.29, 1.82) is 0 Å². The lowest BCUT2D eigenvalue weighted by molar-refractivity contribution is 0.0779. The second-order valence-corrected chi connectivity index (χ2v) is 4.49. The van der Waals surface area contributed by atoms with E-state index >= 15 is 0 Å². The van der Waals surface area contributed by atoms with Crippen molar-refractivity contribution in [3.8, 4) is 0 Å². The first-order valence-corrected chi connectivity index (χ1v) is 5.69. The van der Waals surface area contributed by atoms with Gasteiger partial charge in [0.1, 0.15) is 5.82 Å². The third-order valence-corrected chi connectivity index (χ3v) is 2.48. The number of hydrogen-bond acceptors (Lipinski definition) is 2. The van der Waals surface area contributed by atoms with E-state index < -0.39 is 5.82 Å². The molecule has 1 rings (SSSR count). The molecule has 0 spiro atoms. The summed E-state index contributed by atoms with van der Waals surface area (Å²) in [5, 5.41) is 2.73. The van der Waals surface area contributed by atoms with Gasteiger partial charge in [-0.25, -0.2) is 4.39 Å². The topological polar surface area (TPSA) is 32.3 Å². The Bertz CT molecular complexity index is 404. The fourth-order valence-electron chi connectivity index (χ4n) is 1.79. The molecule has 0 atom stereocenters. The minimum atomic E-state index is -0.406. The zero-order chi connectivity index (χ0) is 13.0. The predicted molar refractivity (Wildman–Crippen MR) is 67.7 cm³/mol. The Morgan fingerprint density at radius 1 is 1.47 bits per heavy atom. The van der Waals surface area contributed by atoms with E-state index in [1.54, 1.807) is 31.1 Å². The van der Waals surface area contributed by atoms with Gasteiger partial charge in [-0.05, 0) is 18.1 Å².